The fourth-order valence-electron chi connectivity index (χ4n) is 5.48. The Hall–Kier alpha value is -5.30. The first-order valence-corrected chi connectivity index (χ1v) is 15.3. The number of aliphatic hydroxyl groups excluding tert-OH is 1. The van der Waals surface area contributed by atoms with Crippen molar-refractivity contribution in [3.8, 4) is 5.75 Å². The van der Waals surface area contributed by atoms with Gasteiger partial charge in [-0.2, -0.15) is 13.2 Å². The molecule has 0 unspecified atom stereocenters. The number of para-hydroxylation sites is 1. The summed E-state index contributed by atoms with van der Waals surface area (Å²) in [7, 11) is 1.51. The van der Waals surface area contributed by atoms with Gasteiger partial charge in [-0.25, -0.2) is 9.59 Å². The third-order valence-corrected chi connectivity index (χ3v) is 8.24. The van der Waals surface area contributed by atoms with E-state index in [1.54, 1.807) is 31.2 Å². The Kier molecular flexibility index (Phi) is 10.1. The van der Waals surface area contributed by atoms with E-state index in [-0.39, 0.29) is 48.3 Å². The van der Waals surface area contributed by atoms with Crippen LogP contribution >= 0.6 is 0 Å². The lowest BCUT2D eigenvalue weighted by atomic mass is 9.99. The summed E-state index contributed by atoms with van der Waals surface area (Å²) >= 11 is 0. The van der Waals surface area contributed by atoms with E-state index in [0.29, 0.717) is 5.69 Å². The third-order valence-electron chi connectivity index (χ3n) is 8.24. The van der Waals surface area contributed by atoms with Crippen LogP contribution in [0.5, 0.6) is 5.75 Å². The lowest BCUT2D eigenvalue weighted by molar-refractivity contribution is -0.137. The van der Waals surface area contributed by atoms with Crippen LogP contribution in [0.3, 0.4) is 0 Å². The van der Waals surface area contributed by atoms with E-state index in [9.17, 15) is 32.7 Å². The number of hydrogen-bond acceptors (Lipinski definition) is 5. The molecule has 0 radical (unpaired) electrons. The van der Waals surface area contributed by atoms with Crippen LogP contribution in [0.4, 0.5) is 39.8 Å². The first-order valence-electron chi connectivity index (χ1n) is 15.3. The summed E-state index contributed by atoms with van der Waals surface area (Å²) in [5, 5.41) is 20.0. The van der Waals surface area contributed by atoms with Crippen molar-refractivity contribution < 1.29 is 37.4 Å². The van der Waals surface area contributed by atoms with Gasteiger partial charge in [0.05, 0.1) is 41.7 Å². The average Bonchev–Trinajstić information content (AvgIpc) is 3.06. The molecule has 10 nitrogen and oxygen atoms in total. The van der Waals surface area contributed by atoms with Crippen LogP contribution in [0.15, 0.2) is 84.9 Å². The molecule has 1 aliphatic heterocycles. The van der Waals surface area contributed by atoms with Gasteiger partial charge in [-0.1, -0.05) is 49.4 Å². The summed E-state index contributed by atoms with van der Waals surface area (Å²) in [6, 6.07) is 20.3. The molecular weight excluding hydrogens is 627 g/mol. The molecule has 48 heavy (non-hydrogen) atoms. The topological polar surface area (TPSA) is 123 Å². The Labute approximate surface area is 275 Å². The molecule has 0 aromatic heterocycles. The molecule has 0 bridgehead atoms. The fraction of sp³-hybridized carbons (Fsp3) is 0.286. The number of fused-ring (bicyclic) bond motifs is 2. The van der Waals surface area contributed by atoms with Gasteiger partial charge in [-0.15, -0.1) is 0 Å². The first kappa shape index (κ1) is 34.0. The van der Waals surface area contributed by atoms with E-state index in [1.807, 2.05) is 43.3 Å². The van der Waals surface area contributed by atoms with E-state index < -0.39 is 41.9 Å². The number of likely N-dealkylation sites (N-methyl/N-ethyl adjacent to an activating group) is 1. The van der Waals surface area contributed by atoms with Gasteiger partial charge in [-0.05, 0) is 54.8 Å². The standard InChI is InChI=1S/C35H36F3N5O5/c1-21-18-43(22(2)20-44)32(45)27-11-7-13-29(41-33(46)40-28-12-6-9-23-8-4-5-10-26(23)28)31(27)48-30(21)19-42(3)34(47)39-25-16-14-24(15-17-25)35(36,37)38/h4-17,21-22,30,44H,18-20H2,1-3H3,(H,39,47)(H2,40,41,46)/t21-,22-,30-/m0/s1. The zero-order chi connectivity index (χ0) is 34.6. The lowest BCUT2D eigenvalue weighted by Gasteiger charge is -2.38. The van der Waals surface area contributed by atoms with Crippen molar-refractivity contribution in [1.29, 1.82) is 0 Å². The smallest absolute Gasteiger partial charge is 0.416 e. The largest absolute Gasteiger partial charge is 0.485 e. The van der Waals surface area contributed by atoms with Gasteiger partial charge in [0, 0.05) is 30.6 Å². The maximum atomic E-state index is 13.8. The maximum Gasteiger partial charge on any atom is 0.416 e. The second kappa shape index (κ2) is 14.2. The van der Waals surface area contributed by atoms with Crippen molar-refractivity contribution in [2.45, 2.75) is 32.2 Å². The van der Waals surface area contributed by atoms with Crippen molar-refractivity contribution in [3.05, 3.63) is 96.1 Å². The van der Waals surface area contributed by atoms with Gasteiger partial charge in [0.1, 0.15) is 6.10 Å². The molecule has 3 atom stereocenters. The number of rotatable bonds is 7. The van der Waals surface area contributed by atoms with Gasteiger partial charge in [-0.3, -0.25) is 4.79 Å². The summed E-state index contributed by atoms with van der Waals surface area (Å²) in [5.74, 6) is -0.669. The summed E-state index contributed by atoms with van der Waals surface area (Å²) in [6.07, 6.45) is -5.22. The molecule has 5 amide bonds. The molecule has 252 valence electrons. The zero-order valence-electron chi connectivity index (χ0n) is 26.5. The van der Waals surface area contributed by atoms with Crippen LogP contribution in [-0.4, -0.2) is 71.8 Å². The van der Waals surface area contributed by atoms with E-state index in [2.05, 4.69) is 16.0 Å². The predicted octanol–water partition coefficient (Wildman–Crippen LogP) is 6.89. The normalized spacial score (nSPS) is 17.0. The second-order valence-electron chi connectivity index (χ2n) is 11.8. The highest BCUT2D eigenvalue weighted by Crippen LogP contribution is 2.35. The van der Waals surface area contributed by atoms with Crippen LogP contribution in [0.1, 0.15) is 29.8 Å². The van der Waals surface area contributed by atoms with Gasteiger partial charge >= 0.3 is 18.2 Å². The SMILES string of the molecule is C[C@H]1CN([C@@H](C)CO)C(=O)c2cccc(NC(=O)Nc3cccc4ccccc34)c2O[C@H]1CN(C)C(=O)Nc1ccc(C(F)(F)F)cc1. The zero-order valence-corrected chi connectivity index (χ0v) is 26.5. The van der Waals surface area contributed by atoms with E-state index in [0.717, 1.165) is 22.9 Å². The van der Waals surface area contributed by atoms with E-state index >= 15 is 0 Å². The Morgan fingerprint density at radius 3 is 2.31 bits per heavy atom. The number of alkyl halides is 3. The highest BCUT2D eigenvalue weighted by Gasteiger charge is 2.35. The van der Waals surface area contributed by atoms with Crippen molar-refractivity contribution in [3.63, 3.8) is 0 Å². The number of benzene rings is 4. The van der Waals surface area contributed by atoms with E-state index in [1.165, 1.54) is 29.0 Å². The van der Waals surface area contributed by atoms with Crippen LogP contribution in [0.2, 0.25) is 0 Å². The molecule has 0 saturated carbocycles. The second-order valence-corrected chi connectivity index (χ2v) is 11.8. The monoisotopic (exact) mass is 663 g/mol. The minimum absolute atomic E-state index is 0.0130. The number of urea groups is 2. The van der Waals surface area contributed by atoms with Crippen molar-refractivity contribution in [1.82, 2.24) is 9.80 Å². The average molecular weight is 664 g/mol. The fourth-order valence-corrected chi connectivity index (χ4v) is 5.48. The Morgan fingerprint density at radius 1 is 0.958 bits per heavy atom. The first-order chi connectivity index (χ1) is 22.8. The Balaban J connectivity index is 1.40. The molecule has 1 aliphatic rings. The number of nitrogens with zero attached hydrogens (tertiary/aromatic N) is 2. The van der Waals surface area contributed by atoms with Crippen molar-refractivity contribution >= 4 is 45.8 Å². The maximum absolute atomic E-state index is 13.8. The van der Waals surface area contributed by atoms with Gasteiger partial charge in [0.25, 0.3) is 5.91 Å². The number of carbonyl (C=O) groups is 3. The summed E-state index contributed by atoms with van der Waals surface area (Å²) in [5.41, 5.74) is 0.291. The molecule has 1 heterocycles. The predicted molar refractivity (Wildman–Crippen MR) is 177 cm³/mol. The van der Waals surface area contributed by atoms with Gasteiger partial charge in [0.2, 0.25) is 0 Å². The molecule has 0 spiro atoms. The molecule has 0 saturated heterocycles. The minimum atomic E-state index is -4.51. The molecule has 4 aromatic rings. The van der Waals surface area contributed by atoms with Crippen LogP contribution in [-0.2, 0) is 6.18 Å². The van der Waals surface area contributed by atoms with Gasteiger partial charge in [0.15, 0.2) is 5.75 Å². The summed E-state index contributed by atoms with van der Waals surface area (Å²) in [4.78, 5) is 43.0. The number of aliphatic hydroxyl groups is 1. The highest BCUT2D eigenvalue weighted by atomic mass is 19.4. The number of anilines is 3. The van der Waals surface area contributed by atoms with Crippen LogP contribution < -0.4 is 20.7 Å². The Bertz CT molecular complexity index is 1790. The number of hydrogen-bond donors (Lipinski definition) is 4. The quantitative estimate of drug-likeness (QED) is 0.172. The number of carbonyl (C=O) groups excluding carboxylic acids is 3. The lowest BCUT2D eigenvalue weighted by Crippen LogP contribution is -2.50. The van der Waals surface area contributed by atoms with Gasteiger partial charge < -0.3 is 35.6 Å². The van der Waals surface area contributed by atoms with Crippen molar-refractivity contribution in [2.24, 2.45) is 5.92 Å². The van der Waals surface area contributed by atoms with E-state index in [4.69, 9.17) is 4.74 Å². The van der Waals surface area contributed by atoms with Crippen LogP contribution in [0.25, 0.3) is 10.8 Å². The number of ether oxygens (including phenoxy) is 1. The molecule has 13 heteroatoms. The number of amides is 5. The number of nitrogens with one attached hydrogen (secondary N) is 3. The molecular formula is C35H36F3N5O5. The molecule has 0 fully saturated rings. The highest BCUT2D eigenvalue weighted by molar-refractivity contribution is 6.08. The van der Waals surface area contributed by atoms with Crippen LogP contribution in [0, 0.1) is 5.92 Å². The number of halogens is 3. The summed E-state index contributed by atoms with van der Waals surface area (Å²) < 4.78 is 45.4. The molecule has 4 aromatic carbocycles. The van der Waals surface area contributed by atoms with Crippen molar-refractivity contribution in [2.75, 3.05) is 42.7 Å². The minimum Gasteiger partial charge on any atom is -0.485 e. The molecule has 5 rings (SSSR count). The molecule has 4 N–H and O–H groups in total. The Morgan fingerprint density at radius 2 is 1.60 bits per heavy atom. The third kappa shape index (κ3) is 7.63. The molecule has 0 aliphatic carbocycles. The summed E-state index contributed by atoms with van der Waals surface area (Å²) in [6.45, 7) is 3.47.